The van der Waals surface area contributed by atoms with E-state index in [1.54, 1.807) is 12.4 Å². The van der Waals surface area contributed by atoms with Gasteiger partial charge in [0.05, 0.1) is 17.4 Å². The Morgan fingerprint density at radius 2 is 1.36 bits per heavy atom. The number of aliphatic imine (C=N–C) groups is 1. The van der Waals surface area contributed by atoms with Crippen molar-refractivity contribution >= 4 is 51.1 Å². The van der Waals surface area contributed by atoms with E-state index in [1.165, 1.54) is 12.7 Å². The molecule has 7 aromatic rings. The van der Waals surface area contributed by atoms with Crippen LogP contribution in [0.1, 0.15) is 0 Å². The molecule has 2 aromatic carbocycles. The molecule has 0 unspecified atom stereocenters. The maximum atomic E-state index is 5.63. The van der Waals surface area contributed by atoms with E-state index in [-0.39, 0.29) is 0 Å². The summed E-state index contributed by atoms with van der Waals surface area (Å²) in [7, 11) is 1.87. The first-order chi connectivity index (χ1) is 19.3. The fourth-order valence-electron chi connectivity index (χ4n) is 5.12. The molecule has 0 aliphatic carbocycles. The van der Waals surface area contributed by atoms with E-state index in [0.717, 1.165) is 55.9 Å². The lowest BCUT2D eigenvalue weighted by Crippen LogP contribution is -2.00. The zero-order valence-corrected chi connectivity index (χ0v) is 20.9. The quantitative estimate of drug-likeness (QED) is 0.246. The van der Waals surface area contributed by atoms with E-state index in [1.807, 2.05) is 35.9 Å². The van der Waals surface area contributed by atoms with Crippen LogP contribution in [0.3, 0.4) is 0 Å². The van der Waals surface area contributed by atoms with Gasteiger partial charge in [-0.2, -0.15) is 0 Å². The minimum atomic E-state index is 0.676. The summed E-state index contributed by atoms with van der Waals surface area (Å²) in [6, 6.07) is 24.6. The predicted molar refractivity (Wildman–Crippen MR) is 154 cm³/mol. The Morgan fingerprint density at radius 3 is 2.00 bits per heavy atom. The molecule has 0 fully saturated rings. The van der Waals surface area contributed by atoms with Crippen LogP contribution in [0.2, 0.25) is 0 Å². The topological polar surface area (TPSA) is 125 Å². The molecule has 188 valence electrons. The molecule has 5 aromatic heterocycles. The van der Waals surface area contributed by atoms with Gasteiger partial charge in [-0.25, -0.2) is 9.98 Å². The molecular formula is C29H22N10. The first-order valence-corrected chi connectivity index (χ1v) is 12.3. The Balaban J connectivity index is 1.28. The van der Waals surface area contributed by atoms with E-state index < -0.39 is 0 Å². The molecule has 0 atom stereocenters. The fraction of sp³-hybridized carbons (Fsp3) is 0.0345. The highest BCUT2D eigenvalue weighted by molar-refractivity contribution is 6.03. The van der Waals surface area contributed by atoms with Crippen LogP contribution in [-0.4, -0.2) is 47.7 Å². The normalized spacial score (nSPS) is 11.7. The van der Waals surface area contributed by atoms with Gasteiger partial charge < -0.3 is 11.1 Å². The highest BCUT2D eigenvalue weighted by Crippen LogP contribution is 2.38. The molecule has 0 saturated heterocycles. The number of anilines is 1. The molecule has 0 aliphatic rings. The van der Waals surface area contributed by atoms with Crippen LogP contribution in [-0.2, 0) is 0 Å². The number of rotatable bonds is 5. The number of aromatic nitrogens is 7. The predicted octanol–water partition coefficient (Wildman–Crippen LogP) is 5.03. The third-order valence-corrected chi connectivity index (χ3v) is 6.79. The molecule has 0 aliphatic heterocycles. The number of nitrogens with zero attached hydrogens (tertiary/aromatic N) is 8. The summed E-state index contributed by atoms with van der Waals surface area (Å²) >= 11 is 0. The Labute approximate surface area is 222 Å². The number of fused-ring (bicyclic) bond motifs is 4. The number of benzene rings is 2. The van der Waals surface area contributed by atoms with Crippen molar-refractivity contribution in [3.8, 4) is 22.5 Å². The second-order valence-electron chi connectivity index (χ2n) is 8.86. The second-order valence-corrected chi connectivity index (χ2v) is 8.86. The Morgan fingerprint density at radius 1 is 0.744 bits per heavy atom. The van der Waals surface area contributed by atoms with Gasteiger partial charge in [-0.1, -0.05) is 24.3 Å². The van der Waals surface area contributed by atoms with E-state index >= 15 is 0 Å². The lowest BCUT2D eigenvalue weighted by molar-refractivity contribution is 0.984. The first kappa shape index (κ1) is 22.5. The Bertz CT molecular complexity index is 1950. The number of hydrogen-bond acceptors (Lipinski definition) is 7. The number of nitrogens with two attached hydrogens (primary N) is 1. The lowest BCUT2D eigenvalue weighted by Gasteiger charge is -2.12. The average molecular weight is 511 g/mol. The smallest absolute Gasteiger partial charge is 0.188 e. The third-order valence-electron chi connectivity index (χ3n) is 6.79. The molecule has 0 radical (unpaired) electrons. The highest BCUT2D eigenvalue weighted by atomic mass is 15.2. The van der Waals surface area contributed by atoms with Crippen LogP contribution in [0, 0.1) is 0 Å². The zero-order chi connectivity index (χ0) is 26.3. The molecule has 0 bridgehead atoms. The minimum Gasteiger partial charge on any atom is -0.390 e. The van der Waals surface area contributed by atoms with Crippen LogP contribution in [0.15, 0.2) is 96.5 Å². The van der Waals surface area contributed by atoms with Crippen molar-refractivity contribution in [2.45, 2.75) is 0 Å². The average Bonchev–Trinajstić information content (AvgIpc) is 3.50. The van der Waals surface area contributed by atoms with Gasteiger partial charge in [-0.3, -0.25) is 19.1 Å². The summed E-state index contributed by atoms with van der Waals surface area (Å²) in [5.74, 6) is 0.820. The van der Waals surface area contributed by atoms with Crippen molar-refractivity contribution in [3.63, 3.8) is 0 Å². The number of hydrogen-bond donors (Lipinski definition) is 2. The Hall–Kier alpha value is -5.64. The van der Waals surface area contributed by atoms with Gasteiger partial charge in [0.25, 0.3) is 0 Å². The monoisotopic (exact) mass is 510 g/mol. The van der Waals surface area contributed by atoms with Crippen molar-refractivity contribution in [1.82, 2.24) is 34.3 Å². The molecule has 3 N–H and O–H groups in total. The summed E-state index contributed by atoms with van der Waals surface area (Å²) in [6.07, 6.45) is 6.26. The number of nitrogens with one attached hydrogen (secondary N) is 1. The standard InChI is InChI=1S/C29H22N10/c1-31-28-26(34-16-30)24-22(4-2-14-32-24)38(28)20-10-6-18(7-11-20)19-8-12-21(13-9-19)39-23-5-3-15-33-25(23)27-29(39)37-36-17-35-27/h2-17,31H,1H3,(H2,30,34). The van der Waals surface area contributed by atoms with Crippen molar-refractivity contribution in [2.75, 3.05) is 12.4 Å². The molecule has 0 saturated carbocycles. The van der Waals surface area contributed by atoms with Crippen LogP contribution in [0.5, 0.6) is 0 Å². The van der Waals surface area contributed by atoms with Gasteiger partial charge in [0.1, 0.15) is 34.4 Å². The summed E-state index contributed by atoms with van der Waals surface area (Å²) in [5.41, 5.74) is 15.3. The van der Waals surface area contributed by atoms with Gasteiger partial charge in [-0.05, 0) is 59.7 Å². The molecule has 0 spiro atoms. The van der Waals surface area contributed by atoms with Gasteiger partial charge in [0.2, 0.25) is 0 Å². The van der Waals surface area contributed by atoms with Crippen molar-refractivity contribution in [2.24, 2.45) is 10.7 Å². The first-order valence-electron chi connectivity index (χ1n) is 12.3. The van der Waals surface area contributed by atoms with E-state index in [9.17, 15) is 0 Å². The van der Waals surface area contributed by atoms with Gasteiger partial charge in [0.15, 0.2) is 5.65 Å². The lowest BCUT2D eigenvalue weighted by atomic mass is 10.0. The van der Waals surface area contributed by atoms with Gasteiger partial charge >= 0.3 is 0 Å². The Kier molecular flexibility index (Phi) is 5.22. The molecule has 10 heteroatoms. The molecule has 39 heavy (non-hydrogen) atoms. The van der Waals surface area contributed by atoms with E-state index in [4.69, 9.17) is 5.73 Å². The maximum Gasteiger partial charge on any atom is 0.188 e. The molecule has 5 heterocycles. The summed E-state index contributed by atoms with van der Waals surface area (Å²) in [6.45, 7) is 0. The second kappa shape index (κ2) is 9.03. The van der Waals surface area contributed by atoms with E-state index in [2.05, 4.69) is 88.6 Å². The summed E-state index contributed by atoms with van der Waals surface area (Å²) in [5, 5.41) is 11.6. The fourth-order valence-corrected chi connectivity index (χ4v) is 5.12. The van der Waals surface area contributed by atoms with Gasteiger partial charge in [0, 0.05) is 30.8 Å². The number of pyridine rings is 2. The van der Waals surface area contributed by atoms with Crippen LogP contribution >= 0.6 is 0 Å². The minimum absolute atomic E-state index is 0.676. The van der Waals surface area contributed by atoms with Crippen LogP contribution < -0.4 is 11.1 Å². The maximum absolute atomic E-state index is 5.63. The zero-order valence-electron chi connectivity index (χ0n) is 20.9. The van der Waals surface area contributed by atoms with Crippen molar-refractivity contribution < 1.29 is 0 Å². The largest absolute Gasteiger partial charge is 0.390 e. The summed E-state index contributed by atoms with van der Waals surface area (Å²) in [4.78, 5) is 17.8. The third kappa shape index (κ3) is 3.50. The molecule has 0 amide bonds. The highest BCUT2D eigenvalue weighted by Gasteiger charge is 2.18. The molecular weight excluding hydrogens is 488 g/mol. The van der Waals surface area contributed by atoms with Crippen LogP contribution in [0.25, 0.3) is 55.7 Å². The summed E-state index contributed by atoms with van der Waals surface area (Å²) < 4.78 is 4.14. The van der Waals surface area contributed by atoms with Gasteiger partial charge in [-0.15, -0.1) is 10.2 Å². The molecule has 7 rings (SSSR count). The van der Waals surface area contributed by atoms with Crippen molar-refractivity contribution in [3.05, 3.63) is 91.5 Å². The van der Waals surface area contributed by atoms with E-state index in [0.29, 0.717) is 11.3 Å². The molecule has 10 nitrogen and oxygen atoms in total. The van der Waals surface area contributed by atoms with Crippen molar-refractivity contribution in [1.29, 1.82) is 0 Å². The SMILES string of the molecule is CNc1c(N=CN)c2ncccc2n1-c1ccc(-c2ccc(-n3c4cccnc4c4ncnnc43)cc2)cc1. The van der Waals surface area contributed by atoms with Crippen LogP contribution in [0.4, 0.5) is 11.5 Å².